The van der Waals surface area contributed by atoms with Gasteiger partial charge in [0.2, 0.25) is 0 Å². The Morgan fingerprint density at radius 1 is 0.173 bits per heavy atom. The molecular weight excluding hydrogens is 1850 g/mol. The van der Waals surface area contributed by atoms with Crippen molar-refractivity contribution in [2.75, 3.05) is 0 Å². The molecule has 150 heavy (non-hydrogen) atoms. The average molecular weight is 1950 g/mol. The molecule has 6 nitrogen and oxygen atoms in total. The number of para-hydroxylation sites is 6. The molecule has 8 heterocycles. The van der Waals surface area contributed by atoms with Crippen molar-refractivity contribution in [1.29, 1.82) is 0 Å². The summed E-state index contributed by atoms with van der Waals surface area (Å²) in [6.45, 7) is 14.1. The summed E-state index contributed by atoms with van der Waals surface area (Å²) in [5.74, 6) is 0. The number of nitrogens with zero attached hydrogens (tertiary/aromatic N) is 6. The third-order valence-electron chi connectivity index (χ3n) is 34.4. The van der Waals surface area contributed by atoms with Crippen molar-refractivity contribution in [2.24, 2.45) is 0 Å². The lowest BCUT2D eigenvalue weighted by molar-refractivity contribution is 0.660. The van der Waals surface area contributed by atoms with Crippen LogP contribution in [0.1, 0.15) is 86.1 Å². The maximum atomic E-state index is 2.52. The summed E-state index contributed by atoms with van der Waals surface area (Å²) in [5, 5.41) is 20.8. The Bertz CT molecular complexity index is 11200. The molecule has 706 valence electrons. The molecule has 30 aromatic rings. The lowest BCUT2D eigenvalue weighted by atomic mass is 9.82. The number of hydrogen-bond donors (Lipinski definition) is 0. The van der Waals surface area contributed by atoms with E-state index in [-0.39, 0.29) is 16.2 Å². The minimum Gasteiger partial charge on any atom is -0.309 e. The summed E-state index contributed by atoms with van der Waals surface area (Å²) in [6, 6.07) is 172. The molecule has 0 atom stereocenters. The third kappa shape index (κ3) is 11.8. The highest BCUT2D eigenvalue weighted by Crippen LogP contribution is 2.57. The van der Waals surface area contributed by atoms with E-state index in [9.17, 15) is 0 Å². The van der Waals surface area contributed by atoms with Crippen molar-refractivity contribution in [3.63, 3.8) is 0 Å². The van der Waals surface area contributed by atoms with Crippen LogP contribution in [0, 0.1) is 0 Å². The van der Waals surface area contributed by atoms with E-state index >= 15 is 0 Å². The predicted molar refractivity (Wildman–Crippen MR) is 638 cm³/mol. The molecule has 0 N–H and O–H groups in total. The molecule has 34 rings (SSSR count). The zero-order valence-electron chi connectivity index (χ0n) is 83.6. The van der Waals surface area contributed by atoms with Crippen LogP contribution in [0.15, 0.2) is 461 Å². The highest BCUT2D eigenvalue weighted by molar-refractivity contribution is 7.27. The Balaban J connectivity index is 0.0000000995. The van der Waals surface area contributed by atoms with Gasteiger partial charge < -0.3 is 27.4 Å². The van der Waals surface area contributed by atoms with Crippen LogP contribution in [0.3, 0.4) is 0 Å². The molecule has 0 saturated heterocycles. The number of benzene rings is 22. The molecule has 4 aliphatic carbocycles. The molecule has 8 heteroatoms. The van der Waals surface area contributed by atoms with Crippen LogP contribution in [0.4, 0.5) is 0 Å². The molecule has 0 radical (unpaired) electrons. The molecule has 0 saturated carbocycles. The van der Waals surface area contributed by atoms with Crippen LogP contribution in [-0.4, -0.2) is 27.4 Å². The smallest absolute Gasteiger partial charge is 0.0640 e. The van der Waals surface area contributed by atoms with Gasteiger partial charge in [-0.25, -0.2) is 0 Å². The summed E-state index contributed by atoms with van der Waals surface area (Å²) in [6.07, 6.45) is 1.00. The van der Waals surface area contributed by atoms with Crippen LogP contribution in [-0.2, 0) is 22.7 Å². The number of fused-ring (bicyclic) bond motifs is 39. The van der Waals surface area contributed by atoms with Gasteiger partial charge in [-0.2, -0.15) is 0 Å². The molecule has 8 aromatic heterocycles. The fourth-order valence-electron chi connectivity index (χ4n) is 27.7. The Morgan fingerprint density at radius 3 is 0.853 bits per heavy atom. The first-order chi connectivity index (χ1) is 73.7. The minimum absolute atomic E-state index is 0.0150. The highest BCUT2D eigenvalue weighted by Gasteiger charge is 2.40. The van der Waals surface area contributed by atoms with Gasteiger partial charge >= 0.3 is 0 Å². The van der Waals surface area contributed by atoms with Gasteiger partial charge in [0.25, 0.3) is 0 Å². The minimum atomic E-state index is -0.0281. The zero-order chi connectivity index (χ0) is 99.2. The first kappa shape index (κ1) is 85.3. The molecule has 0 bridgehead atoms. The van der Waals surface area contributed by atoms with Crippen molar-refractivity contribution in [1.82, 2.24) is 27.4 Å². The van der Waals surface area contributed by atoms with Crippen molar-refractivity contribution >= 4 is 194 Å². The summed E-state index contributed by atoms with van der Waals surface area (Å²) in [7, 11) is 0. The Labute approximate surface area is 874 Å². The quantitative estimate of drug-likeness (QED) is 0.152. The van der Waals surface area contributed by atoms with Gasteiger partial charge in [0.1, 0.15) is 0 Å². The van der Waals surface area contributed by atoms with E-state index in [4.69, 9.17) is 0 Å². The average Bonchev–Trinajstić information content (AvgIpc) is 1.54. The van der Waals surface area contributed by atoms with Gasteiger partial charge in [0, 0.05) is 135 Å². The van der Waals surface area contributed by atoms with Crippen molar-refractivity contribution < 1.29 is 0 Å². The Hall–Kier alpha value is -17.9. The van der Waals surface area contributed by atoms with E-state index in [0.29, 0.717) is 0 Å². The van der Waals surface area contributed by atoms with E-state index in [1.165, 1.54) is 305 Å². The standard InChI is InChI=1S/C51H34N2S.C46H32N2.C45H30N2S/c1-51(2)40-22-9-6-16-34(40)39-30-32(26-27-41(39)51)52-42-23-10-7-17-37(42)47-44(52)28-29-45-48(47)38-18-8-11-24-43(38)53(45)46-25-13-21-36-35-20-12-19-33(49(35)54-50(36)46)31-14-4-3-5-15-31;1-46(2)38-16-8-5-13-33(38)37-27-31(21-22-39(37)46)48-41-18-10-7-15-35(41)45-43(48)24-23-42-44(45)34-14-6-9-17-40(34)47(42)30-20-19-29-25-28-11-3-4-12-32(28)36(29)26-30;1-45(2)34-17-7-3-12-28(34)33-26-27(22-23-35(33)45)46-36-18-8-4-14-31(36)42-38(46)24-25-39-43(42)32-15-5-9-19-37(32)47(39)40-20-11-16-30-29-13-6-10-21-41(29)48-44(30)40/h3-30H,1-2H3;3-24,26-27H,25H2,1-2H3;3-26H,1-2H3. The molecule has 0 unspecified atom stereocenters. The maximum Gasteiger partial charge on any atom is 0.0640 e. The second-order valence-electron chi connectivity index (χ2n) is 43.1. The van der Waals surface area contributed by atoms with Crippen molar-refractivity contribution in [3.8, 4) is 89.8 Å². The number of aromatic nitrogens is 6. The van der Waals surface area contributed by atoms with Crippen LogP contribution >= 0.6 is 22.7 Å². The van der Waals surface area contributed by atoms with E-state index in [1.54, 1.807) is 0 Å². The van der Waals surface area contributed by atoms with Crippen molar-refractivity contribution in [2.45, 2.75) is 64.2 Å². The Kier molecular flexibility index (Phi) is 18.0. The van der Waals surface area contributed by atoms with Crippen LogP contribution in [0.25, 0.3) is 261 Å². The SMILES string of the molecule is CC1(C)c2ccccc2-c2cc(-n3c4ccccc4c4c5c6ccccc6n(-c6ccc7c(c6)-c6ccccc6C7)c5ccc43)ccc21.CC1(C)c2ccccc2-c2cc(-n3c4ccccc4c4c5c6ccccc6n(-c6cccc7c6sc6c(-c8ccccc8)cccc67)c5ccc43)ccc21.CC1(C)c2ccccc2-c2cc(-n3c4ccccc4c4c5c6ccccc6n(-c6cccc7c6sc6ccccc67)c5ccc43)ccc21. The van der Waals surface area contributed by atoms with Gasteiger partial charge in [-0.1, -0.05) is 363 Å². The summed E-state index contributed by atoms with van der Waals surface area (Å²) < 4.78 is 20.2. The molecule has 22 aromatic carbocycles. The first-order valence-corrected chi connectivity index (χ1v) is 54.1. The number of rotatable bonds is 7. The second-order valence-corrected chi connectivity index (χ2v) is 45.2. The lowest BCUT2D eigenvalue weighted by Crippen LogP contribution is -2.14. The topological polar surface area (TPSA) is 29.6 Å². The second kappa shape index (κ2) is 31.6. The van der Waals surface area contributed by atoms with Gasteiger partial charge in [-0.05, 0) is 246 Å². The fraction of sp³-hybridized carbons (Fsp3) is 0.0704. The van der Waals surface area contributed by atoms with E-state index in [0.717, 1.165) is 6.42 Å². The van der Waals surface area contributed by atoms with Crippen molar-refractivity contribution in [3.05, 3.63) is 506 Å². The van der Waals surface area contributed by atoms with Crippen LogP contribution < -0.4 is 0 Å². The molecule has 0 spiro atoms. The first-order valence-electron chi connectivity index (χ1n) is 52.5. The van der Waals surface area contributed by atoms with Gasteiger partial charge in [-0.3, -0.25) is 0 Å². The number of hydrogen-bond acceptors (Lipinski definition) is 2. The summed E-state index contributed by atoms with van der Waals surface area (Å²) in [5.41, 5.74) is 46.5. The number of thiophene rings is 2. The molecule has 4 aliphatic rings. The van der Waals surface area contributed by atoms with Crippen LogP contribution in [0.5, 0.6) is 0 Å². The maximum absolute atomic E-state index is 2.52. The normalized spacial score (nSPS) is 13.8. The van der Waals surface area contributed by atoms with Gasteiger partial charge in [0.05, 0.1) is 87.0 Å². The molecule has 0 fully saturated rings. The van der Waals surface area contributed by atoms with E-state index in [1.807, 2.05) is 22.7 Å². The monoisotopic (exact) mass is 1950 g/mol. The molecule has 0 aliphatic heterocycles. The lowest BCUT2D eigenvalue weighted by Gasteiger charge is -2.21. The Morgan fingerprint density at radius 2 is 0.447 bits per heavy atom. The zero-order valence-corrected chi connectivity index (χ0v) is 85.2. The van der Waals surface area contributed by atoms with Gasteiger partial charge in [0.15, 0.2) is 0 Å². The van der Waals surface area contributed by atoms with E-state index < -0.39 is 0 Å². The summed E-state index contributed by atoms with van der Waals surface area (Å²) >= 11 is 3.80. The van der Waals surface area contributed by atoms with Crippen LogP contribution in [0.2, 0.25) is 0 Å². The molecular formula is C142H96N6S2. The van der Waals surface area contributed by atoms with E-state index in [2.05, 4.69) is 530 Å². The molecule has 0 amide bonds. The fourth-order valence-corrected chi connectivity index (χ4v) is 30.3. The summed E-state index contributed by atoms with van der Waals surface area (Å²) in [4.78, 5) is 0. The highest BCUT2D eigenvalue weighted by atomic mass is 32.1. The third-order valence-corrected chi connectivity index (χ3v) is 36.9. The largest absolute Gasteiger partial charge is 0.309 e. The van der Waals surface area contributed by atoms with Gasteiger partial charge in [-0.15, -0.1) is 22.7 Å². The predicted octanol–water partition coefficient (Wildman–Crippen LogP) is 38.5.